The van der Waals surface area contributed by atoms with Crippen LogP contribution in [0.5, 0.6) is 11.5 Å². The average molecular weight is 352 g/mol. The second-order valence-electron chi connectivity index (χ2n) is 5.76. The molecule has 0 amide bonds. The summed E-state index contributed by atoms with van der Waals surface area (Å²) in [6.07, 6.45) is 0. The third-order valence-corrected chi connectivity index (χ3v) is 3.96. The van der Waals surface area contributed by atoms with E-state index in [1.54, 1.807) is 18.2 Å². The van der Waals surface area contributed by atoms with E-state index in [1.807, 2.05) is 31.2 Å². The molecule has 0 N–H and O–H groups in total. The first-order chi connectivity index (χ1) is 12.7. The van der Waals surface area contributed by atoms with Crippen molar-refractivity contribution in [3.05, 3.63) is 59.5 Å². The predicted molar refractivity (Wildman–Crippen MR) is 91.0 cm³/mol. The minimum atomic E-state index is -0.502. The van der Waals surface area contributed by atoms with Crippen LogP contribution in [-0.4, -0.2) is 29.3 Å². The summed E-state index contributed by atoms with van der Waals surface area (Å²) in [6.45, 7) is 2.81. The fourth-order valence-corrected chi connectivity index (χ4v) is 2.63. The van der Waals surface area contributed by atoms with E-state index in [4.69, 9.17) is 18.7 Å². The largest absolute Gasteiger partial charge is 0.486 e. The van der Waals surface area contributed by atoms with E-state index in [-0.39, 0.29) is 12.5 Å². The SMILES string of the molecule is Cc1ccccc1-c1noc(COC(=O)c2ccc3c(c2)OCCO3)n1. The summed E-state index contributed by atoms with van der Waals surface area (Å²) < 4.78 is 21.3. The van der Waals surface area contributed by atoms with E-state index in [2.05, 4.69) is 10.1 Å². The molecule has 0 unspecified atom stereocenters. The maximum absolute atomic E-state index is 12.2. The van der Waals surface area contributed by atoms with E-state index >= 15 is 0 Å². The summed E-state index contributed by atoms with van der Waals surface area (Å²) in [7, 11) is 0. The monoisotopic (exact) mass is 352 g/mol. The van der Waals surface area contributed by atoms with Crippen molar-refractivity contribution in [1.29, 1.82) is 0 Å². The fraction of sp³-hybridized carbons (Fsp3) is 0.211. The smallest absolute Gasteiger partial charge is 0.338 e. The summed E-state index contributed by atoms with van der Waals surface area (Å²) in [5, 5.41) is 3.94. The summed E-state index contributed by atoms with van der Waals surface area (Å²) >= 11 is 0. The Morgan fingerprint density at radius 2 is 1.92 bits per heavy atom. The van der Waals surface area contributed by atoms with Gasteiger partial charge in [-0.15, -0.1) is 0 Å². The molecule has 0 bridgehead atoms. The van der Waals surface area contributed by atoms with Gasteiger partial charge in [0.25, 0.3) is 5.89 Å². The van der Waals surface area contributed by atoms with Gasteiger partial charge in [0.1, 0.15) is 13.2 Å². The van der Waals surface area contributed by atoms with Gasteiger partial charge in [-0.1, -0.05) is 29.4 Å². The molecule has 1 aliphatic rings. The molecule has 0 atom stereocenters. The molecule has 1 aliphatic heterocycles. The highest BCUT2D eigenvalue weighted by Crippen LogP contribution is 2.31. The molecule has 3 aromatic rings. The molecule has 0 saturated carbocycles. The lowest BCUT2D eigenvalue weighted by Crippen LogP contribution is -2.16. The summed E-state index contributed by atoms with van der Waals surface area (Å²) in [4.78, 5) is 16.5. The van der Waals surface area contributed by atoms with Gasteiger partial charge in [0, 0.05) is 5.56 Å². The number of rotatable bonds is 4. The normalized spacial score (nSPS) is 12.7. The number of fused-ring (bicyclic) bond motifs is 1. The number of aromatic nitrogens is 2. The molecule has 7 heteroatoms. The Morgan fingerprint density at radius 3 is 2.77 bits per heavy atom. The first-order valence-electron chi connectivity index (χ1n) is 8.16. The van der Waals surface area contributed by atoms with Crippen molar-refractivity contribution in [1.82, 2.24) is 10.1 Å². The van der Waals surface area contributed by atoms with Crippen LogP contribution in [0.1, 0.15) is 21.8 Å². The van der Waals surface area contributed by atoms with Gasteiger partial charge in [0.05, 0.1) is 5.56 Å². The van der Waals surface area contributed by atoms with Crippen molar-refractivity contribution in [2.45, 2.75) is 13.5 Å². The molecular formula is C19H16N2O5. The van der Waals surface area contributed by atoms with Crippen molar-refractivity contribution in [2.75, 3.05) is 13.2 Å². The topological polar surface area (TPSA) is 83.7 Å². The molecule has 0 saturated heterocycles. The summed E-state index contributed by atoms with van der Waals surface area (Å²) in [5.74, 6) is 1.35. The third-order valence-electron chi connectivity index (χ3n) is 3.96. The number of aryl methyl sites for hydroxylation is 1. The Bertz CT molecular complexity index is 951. The van der Waals surface area contributed by atoms with E-state index in [0.29, 0.717) is 36.1 Å². The lowest BCUT2D eigenvalue weighted by Gasteiger charge is -2.18. The average Bonchev–Trinajstić information content (AvgIpc) is 3.15. The second kappa shape index (κ2) is 6.87. The van der Waals surface area contributed by atoms with Gasteiger partial charge in [-0.25, -0.2) is 4.79 Å². The van der Waals surface area contributed by atoms with Crippen LogP contribution in [0.4, 0.5) is 0 Å². The van der Waals surface area contributed by atoms with Gasteiger partial charge in [-0.2, -0.15) is 4.98 Å². The zero-order valence-corrected chi connectivity index (χ0v) is 14.1. The maximum Gasteiger partial charge on any atom is 0.338 e. The number of hydrogen-bond donors (Lipinski definition) is 0. The number of carbonyl (C=O) groups excluding carboxylic acids is 1. The molecular weight excluding hydrogens is 336 g/mol. The first-order valence-corrected chi connectivity index (χ1v) is 8.16. The van der Waals surface area contributed by atoms with Gasteiger partial charge in [0.2, 0.25) is 5.82 Å². The first kappa shape index (κ1) is 16.1. The van der Waals surface area contributed by atoms with E-state index < -0.39 is 5.97 Å². The van der Waals surface area contributed by atoms with Gasteiger partial charge >= 0.3 is 5.97 Å². The Balaban J connectivity index is 1.43. The van der Waals surface area contributed by atoms with Crippen LogP contribution in [0.2, 0.25) is 0 Å². The Kier molecular flexibility index (Phi) is 4.27. The third kappa shape index (κ3) is 3.23. The lowest BCUT2D eigenvalue weighted by atomic mass is 10.1. The van der Waals surface area contributed by atoms with Gasteiger partial charge in [-0.3, -0.25) is 0 Å². The van der Waals surface area contributed by atoms with Crippen molar-refractivity contribution in [3.8, 4) is 22.9 Å². The number of esters is 1. The van der Waals surface area contributed by atoms with Crippen LogP contribution in [0.25, 0.3) is 11.4 Å². The number of ether oxygens (including phenoxy) is 3. The Labute approximate surface area is 149 Å². The van der Waals surface area contributed by atoms with Gasteiger partial charge < -0.3 is 18.7 Å². The highest BCUT2D eigenvalue weighted by molar-refractivity contribution is 5.90. The molecule has 4 rings (SSSR count). The van der Waals surface area contributed by atoms with E-state index in [9.17, 15) is 4.79 Å². The fourth-order valence-electron chi connectivity index (χ4n) is 2.63. The van der Waals surface area contributed by atoms with Crippen molar-refractivity contribution in [2.24, 2.45) is 0 Å². The molecule has 7 nitrogen and oxygen atoms in total. The van der Waals surface area contributed by atoms with Crippen molar-refractivity contribution in [3.63, 3.8) is 0 Å². The molecule has 0 fully saturated rings. The van der Waals surface area contributed by atoms with Crippen LogP contribution in [0.15, 0.2) is 47.0 Å². The number of benzene rings is 2. The highest BCUT2D eigenvalue weighted by Gasteiger charge is 2.17. The number of hydrogen-bond acceptors (Lipinski definition) is 7. The minimum absolute atomic E-state index is 0.105. The maximum atomic E-state index is 12.2. The molecule has 1 aromatic heterocycles. The molecule has 26 heavy (non-hydrogen) atoms. The summed E-state index contributed by atoms with van der Waals surface area (Å²) in [5.41, 5.74) is 2.28. The van der Waals surface area contributed by atoms with Crippen LogP contribution in [0.3, 0.4) is 0 Å². The van der Waals surface area contributed by atoms with Gasteiger partial charge in [0.15, 0.2) is 18.1 Å². The Morgan fingerprint density at radius 1 is 1.12 bits per heavy atom. The van der Waals surface area contributed by atoms with Crippen LogP contribution < -0.4 is 9.47 Å². The minimum Gasteiger partial charge on any atom is -0.486 e. The predicted octanol–water partition coefficient (Wildman–Crippen LogP) is 3.17. The number of nitrogens with zero attached hydrogens (tertiary/aromatic N) is 2. The molecule has 2 heterocycles. The molecule has 0 radical (unpaired) electrons. The van der Waals surface area contributed by atoms with Crippen molar-refractivity contribution >= 4 is 5.97 Å². The lowest BCUT2D eigenvalue weighted by molar-refractivity contribution is 0.0429. The van der Waals surface area contributed by atoms with E-state index in [1.165, 1.54) is 0 Å². The van der Waals surface area contributed by atoms with Crippen LogP contribution >= 0.6 is 0 Å². The quantitative estimate of drug-likeness (QED) is 0.667. The van der Waals surface area contributed by atoms with Crippen LogP contribution in [0, 0.1) is 6.92 Å². The summed E-state index contributed by atoms with van der Waals surface area (Å²) in [6, 6.07) is 12.6. The second-order valence-corrected chi connectivity index (χ2v) is 5.76. The van der Waals surface area contributed by atoms with Crippen molar-refractivity contribution < 1.29 is 23.5 Å². The number of carbonyl (C=O) groups is 1. The van der Waals surface area contributed by atoms with E-state index in [0.717, 1.165) is 11.1 Å². The van der Waals surface area contributed by atoms with Gasteiger partial charge in [-0.05, 0) is 30.7 Å². The van der Waals surface area contributed by atoms with Crippen LogP contribution in [-0.2, 0) is 11.3 Å². The Hall–Kier alpha value is -3.35. The molecule has 0 spiro atoms. The zero-order valence-electron chi connectivity index (χ0n) is 14.1. The highest BCUT2D eigenvalue weighted by atomic mass is 16.6. The zero-order chi connectivity index (χ0) is 17.9. The molecule has 132 valence electrons. The molecule has 0 aliphatic carbocycles. The standard InChI is InChI=1S/C19H16N2O5/c1-12-4-2-3-5-14(12)18-20-17(26-21-18)11-25-19(22)13-6-7-15-16(10-13)24-9-8-23-15/h2-7,10H,8-9,11H2,1H3. The molecule has 2 aromatic carbocycles.